The summed E-state index contributed by atoms with van der Waals surface area (Å²) < 4.78 is 5.41. The number of halogens is 1. The van der Waals surface area contributed by atoms with E-state index in [0.29, 0.717) is 24.3 Å². The Hall–Kier alpha value is -1.40. The van der Waals surface area contributed by atoms with E-state index in [1.165, 1.54) is 0 Å². The van der Waals surface area contributed by atoms with Crippen molar-refractivity contribution in [3.05, 3.63) is 23.2 Å². The number of likely N-dealkylation sites (tertiary alicyclic amines) is 1. The molecule has 22 heavy (non-hydrogen) atoms. The number of carbonyl (C=O) groups is 1. The van der Waals surface area contributed by atoms with Crippen LogP contribution < -0.4 is 0 Å². The highest BCUT2D eigenvalue weighted by Gasteiger charge is 2.31. The summed E-state index contributed by atoms with van der Waals surface area (Å²) in [5.41, 5.74) is 0.405. The standard InChI is InChI=1S/C15H23ClN4O2/c1-15(2,3)22-14(21)20-6-5-12(10-20)19(4)9-11-7-18-13(16)8-17-11/h7-8,12H,5-6,9-10H2,1-4H3. The Morgan fingerprint density at radius 2 is 2.18 bits per heavy atom. The highest BCUT2D eigenvalue weighted by molar-refractivity contribution is 6.29. The Morgan fingerprint density at radius 3 is 2.77 bits per heavy atom. The SMILES string of the molecule is CN(Cc1cnc(Cl)cn1)C1CCN(C(=O)OC(C)(C)C)C1. The first-order chi connectivity index (χ1) is 10.2. The van der Waals surface area contributed by atoms with Crippen molar-refractivity contribution in [1.82, 2.24) is 19.8 Å². The maximum absolute atomic E-state index is 12.1. The van der Waals surface area contributed by atoms with E-state index in [1.54, 1.807) is 17.3 Å². The molecule has 6 nitrogen and oxygen atoms in total. The molecule has 0 aromatic carbocycles. The quantitative estimate of drug-likeness (QED) is 0.854. The van der Waals surface area contributed by atoms with Gasteiger partial charge in [-0.05, 0) is 34.2 Å². The van der Waals surface area contributed by atoms with Crippen LogP contribution in [0.4, 0.5) is 4.79 Å². The highest BCUT2D eigenvalue weighted by atomic mass is 35.5. The van der Waals surface area contributed by atoms with Crippen molar-refractivity contribution < 1.29 is 9.53 Å². The van der Waals surface area contributed by atoms with E-state index in [4.69, 9.17) is 16.3 Å². The molecule has 122 valence electrons. The molecule has 0 saturated carbocycles. The summed E-state index contributed by atoms with van der Waals surface area (Å²) >= 11 is 5.74. The first kappa shape index (κ1) is 17.0. The lowest BCUT2D eigenvalue weighted by atomic mass is 10.2. The van der Waals surface area contributed by atoms with Crippen molar-refractivity contribution >= 4 is 17.7 Å². The minimum atomic E-state index is -0.458. The maximum atomic E-state index is 12.1. The Bertz CT molecular complexity index is 515. The van der Waals surface area contributed by atoms with E-state index in [1.807, 2.05) is 27.8 Å². The van der Waals surface area contributed by atoms with E-state index in [0.717, 1.165) is 18.7 Å². The summed E-state index contributed by atoms with van der Waals surface area (Å²) in [6, 6.07) is 0.296. The minimum absolute atomic E-state index is 0.241. The first-order valence-corrected chi connectivity index (χ1v) is 7.77. The zero-order valence-electron chi connectivity index (χ0n) is 13.5. The van der Waals surface area contributed by atoms with Crippen LogP contribution in [0.25, 0.3) is 0 Å². The van der Waals surface area contributed by atoms with Crippen LogP contribution in [0.1, 0.15) is 32.9 Å². The van der Waals surface area contributed by atoms with Gasteiger partial charge in [0.25, 0.3) is 0 Å². The van der Waals surface area contributed by atoms with Crippen LogP contribution in [0.2, 0.25) is 5.15 Å². The molecule has 1 amide bonds. The molecular weight excluding hydrogens is 304 g/mol. The molecule has 0 aliphatic carbocycles. The van der Waals surface area contributed by atoms with Crippen LogP contribution in [0.15, 0.2) is 12.4 Å². The van der Waals surface area contributed by atoms with Crippen molar-refractivity contribution in [2.24, 2.45) is 0 Å². The zero-order valence-corrected chi connectivity index (χ0v) is 14.3. The summed E-state index contributed by atoms with van der Waals surface area (Å²) in [6.07, 6.45) is 3.91. The molecule has 0 bridgehead atoms. The molecule has 2 heterocycles. The monoisotopic (exact) mass is 326 g/mol. The number of amides is 1. The Morgan fingerprint density at radius 1 is 1.45 bits per heavy atom. The molecule has 1 aromatic heterocycles. The fourth-order valence-corrected chi connectivity index (χ4v) is 2.50. The van der Waals surface area contributed by atoms with Crippen LogP contribution >= 0.6 is 11.6 Å². The van der Waals surface area contributed by atoms with E-state index in [-0.39, 0.29) is 6.09 Å². The third-order valence-corrected chi connectivity index (χ3v) is 3.72. The van der Waals surface area contributed by atoms with E-state index in [2.05, 4.69) is 14.9 Å². The number of likely N-dealkylation sites (N-methyl/N-ethyl adjacent to an activating group) is 1. The number of ether oxygens (including phenoxy) is 1. The number of aromatic nitrogens is 2. The van der Waals surface area contributed by atoms with Gasteiger partial charge in [-0.2, -0.15) is 0 Å². The lowest BCUT2D eigenvalue weighted by molar-refractivity contribution is 0.0282. The second-order valence-electron chi connectivity index (χ2n) is 6.61. The van der Waals surface area contributed by atoms with Crippen molar-refractivity contribution in [1.29, 1.82) is 0 Å². The molecule has 1 aliphatic rings. The second-order valence-corrected chi connectivity index (χ2v) is 7.00. The van der Waals surface area contributed by atoms with Gasteiger partial charge in [0.2, 0.25) is 0 Å². The lowest BCUT2D eigenvalue weighted by Gasteiger charge is -2.26. The fraction of sp³-hybridized carbons (Fsp3) is 0.667. The third-order valence-electron chi connectivity index (χ3n) is 3.52. The van der Waals surface area contributed by atoms with Crippen molar-refractivity contribution in [3.8, 4) is 0 Å². The average Bonchev–Trinajstić information content (AvgIpc) is 2.89. The number of carbonyl (C=O) groups excluding carboxylic acids is 1. The molecule has 1 aliphatic heterocycles. The van der Waals surface area contributed by atoms with Gasteiger partial charge in [-0.1, -0.05) is 11.6 Å². The van der Waals surface area contributed by atoms with Gasteiger partial charge in [-0.15, -0.1) is 0 Å². The number of rotatable bonds is 3. The van der Waals surface area contributed by atoms with Crippen molar-refractivity contribution in [2.75, 3.05) is 20.1 Å². The van der Waals surface area contributed by atoms with Crippen LogP contribution in [-0.2, 0) is 11.3 Å². The smallest absolute Gasteiger partial charge is 0.410 e. The van der Waals surface area contributed by atoms with Gasteiger partial charge >= 0.3 is 6.09 Å². The Labute approximate surface area is 136 Å². The number of nitrogens with zero attached hydrogens (tertiary/aromatic N) is 4. The number of hydrogen-bond donors (Lipinski definition) is 0. The molecule has 0 N–H and O–H groups in total. The van der Waals surface area contributed by atoms with E-state index >= 15 is 0 Å². The fourth-order valence-electron chi connectivity index (χ4n) is 2.40. The van der Waals surface area contributed by atoms with Crippen molar-refractivity contribution in [2.45, 2.75) is 45.4 Å². The predicted octanol–water partition coefficient (Wildman–Crippen LogP) is 2.57. The molecular formula is C15H23ClN4O2. The highest BCUT2D eigenvalue weighted by Crippen LogP contribution is 2.19. The average molecular weight is 327 g/mol. The van der Waals surface area contributed by atoms with Gasteiger partial charge in [0.1, 0.15) is 10.8 Å². The summed E-state index contributed by atoms with van der Waals surface area (Å²) in [6.45, 7) is 7.71. The summed E-state index contributed by atoms with van der Waals surface area (Å²) in [5.74, 6) is 0. The largest absolute Gasteiger partial charge is 0.444 e. The predicted molar refractivity (Wildman–Crippen MR) is 84.7 cm³/mol. The number of hydrogen-bond acceptors (Lipinski definition) is 5. The van der Waals surface area contributed by atoms with Crippen molar-refractivity contribution in [3.63, 3.8) is 0 Å². The molecule has 1 atom stereocenters. The maximum Gasteiger partial charge on any atom is 0.410 e. The normalized spacial score (nSPS) is 18.8. The van der Waals surface area contributed by atoms with Gasteiger partial charge < -0.3 is 9.64 Å². The van der Waals surface area contributed by atoms with Crippen LogP contribution in [0.5, 0.6) is 0 Å². The Kier molecular flexibility index (Phi) is 5.24. The van der Waals surface area contributed by atoms with E-state index in [9.17, 15) is 4.79 Å². The Balaban J connectivity index is 1.87. The van der Waals surface area contributed by atoms with Gasteiger partial charge in [-0.25, -0.2) is 9.78 Å². The molecule has 2 rings (SSSR count). The van der Waals surface area contributed by atoms with E-state index < -0.39 is 5.60 Å². The van der Waals surface area contributed by atoms with Gasteiger partial charge in [0, 0.05) is 25.7 Å². The zero-order chi connectivity index (χ0) is 16.3. The summed E-state index contributed by atoms with van der Waals surface area (Å²) in [4.78, 5) is 24.3. The van der Waals surface area contributed by atoms with Gasteiger partial charge in [-0.3, -0.25) is 9.88 Å². The topological polar surface area (TPSA) is 58.6 Å². The van der Waals surface area contributed by atoms with Crippen LogP contribution in [-0.4, -0.2) is 57.6 Å². The van der Waals surface area contributed by atoms with Crippen LogP contribution in [0, 0.1) is 0 Å². The molecule has 0 spiro atoms. The third kappa shape index (κ3) is 4.81. The molecule has 1 fully saturated rings. The summed E-state index contributed by atoms with van der Waals surface area (Å²) in [7, 11) is 2.03. The molecule has 1 aromatic rings. The van der Waals surface area contributed by atoms with Gasteiger partial charge in [0.05, 0.1) is 18.1 Å². The van der Waals surface area contributed by atoms with Gasteiger partial charge in [0.15, 0.2) is 0 Å². The summed E-state index contributed by atoms with van der Waals surface area (Å²) in [5, 5.41) is 0.392. The molecule has 7 heteroatoms. The lowest BCUT2D eigenvalue weighted by Crippen LogP contribution is -2.38. The molecule has 1 unspecified atom stereocenters. The van der Waals surface area contributed by atoms with Crippen LogP contribution in [0.3, 0.4) is 0 Å². The first-order valence-electron chi connectivity index (χ1n) is 7.39. The molecule has 1 saturated heterocycles. The minimum Gasteiger partial charge on any atom is -0.444 e. The molecule has 0 radical (unpaired) electrons. The second kappa shape index (κ2) is 6.79.